The monoisotopic (exact) mass is 275 g/mol. The summed E-state index contributed by atoms with van der Waals surface area (Å²) in [5.74, 6) is 5.31. The van der Waals surface area contributed by atoms with Gasteiger partial charge >= 0.3 is 0 Å². The van der Waals surface area contributed by atoms with E-state index in [1.165, 1.54) is 4.79 Å². The molecule has 8 nitrogen and oxygen atoms in total. The molecular weight excluding hydrogens is 256 g/mol. The van der Waals surface area contributed by atoms with Crippen molar-refractivity contribution in [2.75, 3.05) is 19.2 Å². The lowest BCUT2D eigenvalue weighted by Crippen LogP contribution is -2.49. The standard InChI is InChI=1S/C12H19N8/c1-4-19-7-5-10(6-8-19)11-9-15-12(16-13)20(17-11)18(3)14-2/h5-9,14H,4,13H2,1-3H3/q+1/b16-12-. The third kappa shape index (κ3) is 2.75. The van der Waals surface area contributed by atoms with Gasteiger partial charge in [0, 0.05) is 31.8 Å². The number of aromatic nitrogens is 4. The van der Waals surface area contributed by atoms with E-state index in [-0.39, 0.29) is 0 Å². The van der Waals surface area contributed by atoms with Crippen molar-refractivity contribution >= 4 is 0 Å². The molecule has 0 aliphatic rings. The van der Waals surface area contributed by atoms with Gasteiger partial charge in [-0.3, -0.25) is 0 Å². The van der Waals surface area contributed by atoms with Crippen molar-refractivity contribution in [2.45, 2.75) is 13.5 Å². The predicted octanol–water partition coefficient (Wildman–Crippen LogP) is -1.27. The molecule has 0 atom stereocenters. The second-order valence-corrected chi connectivity index (χ2v) is 4.13. The molecule has 0 spiro atoms. The molecule has 2 aromatic rings. The van der Waals surface area contributed by atoms with Crippen molar-refractivity contribution in [3.8, 4) is 11.3 Å². The number of hydrogen-bond acceptors (Lipinski definition) is 6. The average Bonchev–Trinajstić information content (AvgIpc) is 2.53. The number of hydrazine groups is 1. The Morgan fingerprint density at radius 2 is 2.15 bits per heavy atom. The van der Waals surface area contributed by atoms with Gasteiger partial charge in [0.2, 0.25) is 0 Å². The number of aryl methyl sites for hydroxylation is 1. The molecule has 0 bridgehead atoms. The fraction of sp³-hybridized carbons (Fsp3) is 0.333. The summed E-state index contributed by atoms with van der Waals surface area (Å²) < 4.78 is 2.08. The summed E-state index contributed by atoms with van der Waals surface area (Å²) in [6, 6.07) is 3.99. The Morgan fingerprint density at radius 3 is 2.70 bits per heavy atom. The van der Waals surface area contributed by atoms with Gasteiger partial charge in [0.05, 0.1) is 6.20 Å². The van der Waals surface area contributed by atoms with Gasteiger partial charge in [-0.1, -0.05) is 0 Å². The Kier molecular flexibility index (Phi) is 4.26. The van der Waals surface area contributed by atoms with E-state index in [9.17, 15) is 0 Å². The fourth-order valence-electron chi connectivity index (χ4n) is 1.70. The Morgan fingerprint density at radius 1 is 1.45 bits per heavy atom. The van der Waals surface area contributed by atoms with Gasteiger partial charge in [-0.2, -0.15) is 0 Å². The lowest BCUT2D eigenvalue weighted by atomic mass is 10.2. The number of hydrogen-bond donors (Lipinski definition) is 2. The summed E-state index contributed by atoms with van der Waals surface area (Å²) in [6.45, 7) is 3.02. The molecule has 106 valence electrons. The number of rotatable bonds is 4. The lowest BCUT2D eigenvalue weighted by molar-refractivity contribution is -0.693. The van der Waals surface area contributed by atoms with Crippen LogP contribution in [0.15, 0.2) is 35.8 Å². The molecule has 0 saturated heterocycles. The van der Waals surface area contributed by atoms with E-state index < -0.39 is 0 Å². The number of pyridine rings is 1. The van der Waals surface area contributed by atoms with Crippen LogP contribution in [0.2, 0.25) is 0 Å². The third-order valence-electron chi connectivity index (χ3n) is 2.96. The van der Waals surface area contributed by atoms with Crippen LogP contribution >= 0.6 is 0 Å². The first-order chi connectivity index (χ1) is 9.69. The molecule has 0 radical (unpaired) electrons. The van der Waals surface area contributed by atoms with Crippen molar-refractivity contribution in [2.24, 2.45) is 10.9 Å². The molecule has 0 aliphatic carbocycles. The predicted molar refractivity (Wildman–Crippen MR) is 74.3 cm³/mol. The zero-order valence-electron chi connectivity index (χ0n) is 11.9. The highest BCUT2D eigenvalue weighted by Crippen LogP contribution is 2.11. The summed E-state index contributed by atoms with van der Waals surface area (Å²) in [5, 5.41) is 9.72. The molecule has 3 N–H and O–H groups in total. The molecule has 2 heterocycles. The summed E-state index contributed by atoms with van der Waals surface area (Å²) in [6.07, 6.45) is 5.66. The molecule has 0 saturated carbocycles. The maximum atomic E-state index is 5.31. The van der Waals surface area contributed by atoms with Gasteiger partial charge in [-0.25, -0.2) is 20.1 Å². The second-order valence-electron chi connectivity index (χ2n) is 4.13. The number of nitrogens with one attached hydrogen (secondary N) is 1. The van der Waals surface area contributed by atoms with Crippen molar-refractivity contribution < 1.29 is 4.57 Å². The van der Waals surface area contributed by atoms with Crippen molar-refractivity contribution in [1.82, 2.24) is 20.3 Å². The van der Waals surface area contributed by atoms with E-state index in [0.717, 1.165) is 17.8 Å². The van der Waals surface area contributed by atoms with Crippen LogP contribution in [0, 0.1) is 0 Å². The maximum Gasteiger partial charge on any atom is 0.284 e. The summed E-state index contributed by atoms with van der Waals surface area (Å²) in [5.41, 5.74) is 4.95. The molecule has 20 heavy (non-hydrogen) atoms. The second kappa shape index (κ2) is 6.11. The van der Waals surface area contributed by atoms with Crippen molar-refractivity contribution in [3.05, 3.63) is 36.3 Å². The Labute approximate surface area is 117 Å². The zero-order chi connectivity index (χ0) is 14.5. The molecule has 0 fully saturated rings. The minimum Gasteiger partial charge on any atom is -0.320 e. The van der Waals surface area contributed by atoms with E-state index in [0.29, 0.717) is 5.62 Å². The molecule has 2 rings (SSSR count). The van der Waals surface area contributed by atoms with E-state index >= 15 is 0 Å². The highest BCUT2D eigenvalue weighted by molar-refractivity contribution is 5.55. The Balaban J connectivity index is 2.47. The number of nitrogens with zero attached hydrogens (tertiary/aromatic N) is 6. The van der Waals surface area contributed by atoms with E-state index in [2.05, 4.69) is 32.1 Å². The highest BCUT2D eigenvalue weighted by atomic mass is 15.8. The molecule has 0 aromatic carbocycles. The van der Waals surface area contributed by atoms with Crippen LogP contribution < -0.4 is 26.6 Å². The maximum absolute atomic E-state index is 5.31. The van der Waals surface area contributed by atoms with Crippen LogP contribution in [0.4, 0.5) is 0 Å². The molecule has 8 heteroatoms. The van der Waals surface area contributed by atoms with Crippen LogP contribution in [0.25, 0.3) is 11.3 Å². The van der Waals surface area contributed by atoms with Gasteiger partial charge in [0.1, 0.15) is 12.2 Å². The lowest BCUT2D eigenvalue weighted by Gasteiger charge is -2.18. The van der Waals surface area contributed by atoms with Gasteiger partial charge in [0.15, 0.2) is 12.4 Å². The largest absolute Gasteiger partial charge is 0.320 e. The molecule has 0 amide bonds. The quantitative estimate of drug-likeness (QED) is 0.413. The molecule has 0 unspecified atom stereocenters. The van der Waals surface area contributed by atoms with Crippen LogP contribution in [0.5, 0.6) is 0 Å². The van der Waals surface area contributed by atoms with E-state index in [1.54, 1.807) is 25.4 Å². The Bertz CT molecular complexity index is 631. The number of nitrogens with two attached hydrogens (primary N) is 1. The smallest absolute Gasteiger partial charge is 0.284 e. The first-order valence-electron chi connectivity index (χ1n) is 6.30. The summed E-state index contributed by atoms with van der Waals surface area (Å²) in [7, 11) is 3.57. The Hall–Kier alpha value is -2.48. The first-order valence-corrected chi connectivity index (χ1v) is 6.30. The minimum atomic E-state index is 0.310. The summed E-state index contributed by atoms with van der Waals surface area (Å²) in [4.78, 5) is 5.70. The first kappa shape index (κ1) is 13.9. The van der Waals surface area contributed by atoms with Crippen LogP contribution in [0.3, 0.4) is 0 Å². The SMILES string of the molecule is CC[n+]1ccc(-c2cn/c(=N/N)n(N(C)NC)n2)cc1. The summed E-state index contributed by atoms with van der Waals surface area (Å²) >= 11 is 0. The zero-order valence-corrected chi connectivity index (χ0v) is 11.9. The van der Waals surface area contributed by atoms with Crippen molar-refractivity contribution in [3.63, 3.8) is 0 Å². The normalized spacial score (nSPS) is 11.7. The molecule has 2 aromatic heterocycles. The van der Waals surface area contributed by atoms with Gasteiger partial charge < -0.3 is 5.84 Å². The van der Waals surface area contributed by atoms with Gasteiger partial charge in [-0.05, 0) is 6.92 Å². The molecule has 0 aliphatic heterocycles. The van der Waals surface area contributed by atoms with E-state index in [4.69, 9.17) is 5.84 Å². The van der Waals surface area contributed by atoms with Crippen LogP contribution in [0.1, 0.15) is 6.92 Å². The fourth-order valence-corrected chi connectivity index (χ4v) is 1.70. The van der Waals surface area contributed by atoms with Crippen LogP contribution in [-0.4, -0.2) is 29.0 Å². The van der Waals surface area contributed by atoms with Gasteiger partial charge in [-0.15, -0.1) is 15.0 Å². The molecular formula is C12H19N8+. The van der Waals surface area contributed by atoms with E-state index in [1.807, 2.05) is 24.5 Å². The average molecular weight is 275 g/mol. The van der Waals surface area contributed by atoms with Crippen LogP contribution in [-0.2, 0) is 6.54 Å². The third-order valence-corrected chi connectivity index (χ3v) is 2.96. The minimum absolute atomic E-state index is 0.310. The highest BCUT2D eigenvalue weighted by Gasteiger charge is 2.07. The van der Waals surface area contributed by atoms with Crippen molar-refractivity contribution in [1.29, 1.82) is 0 Å². The van der Waals surface area contributed by atoms with Gasteiger partial charge in [0.25, 0.3) is 5.62 Å². The topological polar surface area (TPSA) is 88.2 Å².